The molecule has 0 N–H and O–H groups in total. The first kappa shape index (κ1) is 36.8. The Morgan fingerprint density at radius 1 is 0.733 bits per heavy atom. The average Bonchev–Trinajstić information content (AvgIpc) is 2.95. The molecule has 0 unspecified atom stereocenters. The zero-order chi connectivity index (χ0) is 31.0. The number of hydrogen-bond donors (Lipinski definition) is 0. The molecule has 2 aliphatic heterocycles. The van der Waals surface area contributed by atoms with Gasteiger partial charge in [0.05, 0.1) is 11.1 Å². The number of benzene rings is 3. The van der Waals surface area contributed by atoms with Crippen LogP contribution in [-0.2, 0) is 18.8 Å². The molecule has 2 fully saturated rings. The monoisotopic (exact) mass is 685 g/mol. The van der Waals surface area contributed by atoms with Gasteiger partial charge in [-0.2, -0.15) is 26.3 Å². The first-order chi connectivity index (χ1) is 20.2. The molecule has 0 aliphatic carbocycles. The zero-order valence-electron chi connectivity index (χ0n) is 24.0. The summed E-state index contributed by atoms with van der Waals surface area (Å²) in [6.45, 7) is 2.36. The number of rotatable bonds is 6. The van der Waals surface area contributed by atoms with Gasteiger partial charge in [-0.3, -0.25) is 9.69 Å². The molecule has 2 aliphatic rings. The van der Waals surface area contributed by atoms with Crippen molar-refractivity contribution in [2.24, 2.45) is 0 Å². The third kappa shape index (κ3) is 9.21. The standard InChI is InChI=1S/C31H31F8N3O.2ClH/c32-29(33)7-9-40(10-8-29)11-12-41-13-14-42(27(20-41)16-21-5-6-22-3-1-2-4-23(22)15-21)28(43)24-17-25(30(34,35)36)19-26(18-24)31(37,38)39;;/h1-6,15,17-19,27H,7-14,16,20H2;2*1H/t27-;;/m1../s1. The van der Waals surface area contributed by atoms with Gasteiger partial charge in [-0.1, -0.05) is 42.5 Å². The summed E-state index contributed by atoms with van der Waals surface area (Å²) >= 11 is 0. The van der Waals surface area contributed by atoms with Gasteiger partial charge in [0.25, 0.3) is 11.8 Å². The van der Waals surface area contributed by atoms with Crippen molar-refractivity contribution in [3.05, 3.63) is 82.9 Å². The lowest BCUT2D eigenvalue weighted by Gasteiger charge is -2.42. The van der Waals surface area contributed by atoms with Crippen molar-refractivity contribution in [2.45, 2.75) is 43.6 Å². The summed E-state index contributed by atoms with van der Waals surface area (Å²) in [5.41, 5.74) is -2.89. The average molecular weight is 687 g/mol. The van der Waals surface area contributed by atoms with E-state index in [1.165, 1.54) is 4.90 Å². The van der Waals surface area contributed by atoms with E-state index < -0.39 is 46.9 Å². The summed E-state index contributed by atoms with van der Waals surface area (Å²) < 4.78 is 108. The highest BCUT2D eigenvalue weighted by Gasteiger charge is 2.39. The third-order valence-electron chi connectivity index (χ3n) is 8.27. The number of likely N-dealkylation sites (tertiary alicyclic amines) is 1. The summed E-state index contributed by atoms with van der Waals surface area (Å²) in [5, 5.41) is 1.96. The Balaban J connectivity index is 0.00000276. The van der Waals surface area contributed by atoms with Crippen molar-refractivity contribution in [3.63, 3.8) is 0 Å². The number of carbonyl (C=O) groups excluding carboxylic acids is 1. The van der Waals surface area contributed by atoms with Crippen molar-refractivity contribution >= 4 is 41.5 Å². The van der Waals surface area contributed by atoms with Crippen LogP contribution in [0.1, 0.15) is 39.9 Å². The number of fused-ring (bicyclic) bond motifs is 1. The Labute approximate surface area is 268 Å². The topological polar surface area (TPSA) is 26.8 Å². The number of amides is 1. The Kier molecular flexibility index (Phi) is 11.8. The Hall–Kier alpha value is -2.67. The van der Waals surface area contributed by atoms with E-state index in [9.17, 15) is 39.9 Å². The molecule has 3 aromatic carbocycles. The number of piperazine rings is 1. The van der Waals surface area contributed by atoms with Gasteiger partial charge in [-0.05, 0) is 41.0 Å². The molecule has 1 atom stereocenters. The van der Waals surface area contributed by atoms with E-state index >= 15 is 0 Å². The first-order valence-electron chi connectivity index (χ1n) is 14.1. The minimum atomic E-state index is -5.07. The maximum atomic E-state index is 13.6. The lowest BCUT2D eigenvalue weighted by molar-refractivity contribution is -0.143. The zero-order valence-corrected chi connectivity index (χ0v) is 25.6. The van der Waals surface area contributed by atoms with Crippen molar-refractivity contribution in [2.75, 3.05) is 45.8 Å². The normalized spacial score (nSPS) is 19.6. The highest BCUT2D eigenvalue weighted by molar-refractivity contribution is 5.95. The molecule has 248 valence electrons. The second kappa shape index (κ2) is 14.4. The highest BCUT2D eigenvalue weighted by atomic mass is 35.5. The molecule has 14 heteroatoms. The molecule has 3 aromatic rings. The number of alkyl halides is 8. The summed E-state index contributed by atoms with van der Waals surface area (Å²) in [5.74, 6) is -3.57. The Bertz CT molecular complexity index is 1420. The van der Waals surface area contributed by atoms with Gasteiger partial charge in [0.1, 0.15) is 0 Å². The van der Waals surface area contributed by atoms with Gasteiger partial charge in [-0.15, -0.1) is 24.8 Å². The summed E-state index contributed by atoms with van der Waals surface area (Å²) in [4.78, 5) is 19.0. The largest absolute Gasteiger partial charge is 0.416 e. The molecule has 0 aromatic heterocycles. The molecule has 45 heavy (non-hydrogen) atoms. The van der Waals surface area contributed by atoms with Crippen molar-refractivity contribution < 1.29 is 39.9 Å². The summed E-state index contributed by atoms with van der Waals surface area (Å²) in [6, 6.07) is 13.8. The van der Waals surface area contributed by atoms with Crippen LogP contribution < -0.4 is 0 Å². The number of hydrogen-bond acceptors (Lipinski definition) is 3. The molecule has 5 rings (SSSR count). The van der Waals surface area contributed by atoms with Crippen LogP contribution in [0.25, 0.3) is 10.8 Å². The fourth-order valence-corrected chi connectivity index (χ4v) is 5.83. The van der Waals surface area contributed by atoms with Crippen LogP contribution in [0.2, 0.25) is 0 Å². The van der Waals surface area contributed by atoms with Gasteiger partial charge >= 0.3 is 12.4 Å². The predicted octanol–water partition coefficient (Wildman–Crippen LogP) is 7.82. The summed E-state index contributed by atoms with van der Waals surface area (Å²) in [7, 11) is 0. The van der Waals surface area contributed by atoms with Crippen molar-refractivity contribution in [1.29, 1.82) is 0 Å². The van der Waals surface area contributed by atoms with E-state index in [0.29, 0.717) is 44.7 Å². The summed E-state index contributed by atoms with van der Waals surface area (Å²) in [6.07, 6.45) is -10.2. The number of carbonyl (C=O) groups is 1. The quantitative estimate of drug-likeness (QED) is 0.248. The third-order valence-corrected chi connectivity index (χ3v) is 8.27. The Morgan fingerprint density at radius 3 is 1.91 bits per heavy atom. The van der Waals surface area contributed by atoms with Crippen LogP contribution in [0.15, 0.2) is 60.7 Å². The van der Waals surface area contributed by atoms with Crippen LogP contribution in [-0.4, -0.2) is 78.4 Å². The fraction of sp³-hybridized carbons (Fsp3) is 0.452. The molecule has 2 saturated heterocycles. The molecule has 4 nitrogen and oxygen atoms in total. The maximum Gasteiger partial charge on any atom is 0.416 e. The smallest absolute Gasteiger partial charge is 0.333 e. The maximum absolute atomic E-state index is 13.6. The van der Waals surface area contributed by atoms with E-state index in [1.807, 2.05) is 47.4 Å². The van der Waals surface area contributed by atoms with E-state index in [4.69, 9.17) is 0 Å². The van der Waals surface area contributed by atoms with E-state index in [-0.39, 0.29) is 63.4 Å². The van der Waals surface area contributed by atoms with Gasteiger partial charge in [0.2, 0.25) is 0 Å². The number of nitrogens with zero attached hydrogens (tertiary/aromatic N) is 3. The molecule has 0 spiro atoms. The number of halogens is 10. The van der Waals surface area contributed by atoms with Crippen LogP contribution in [0.3, 0.4) is 0 Å². The van der Waals surface area contributed by atoms with Crippen molar-refractivity contribution in [3.8, 4) is 0 Å². The first-order valence-corrected chi connectivity index (χ1v) is 14.1. The molecular formula is C31H33Cl2F8N3O. The second-order valence-corrected chi connectivity index (χ2v) is 11.3. The minimum absolute atomic E-state index is 0. The molecule has 2 heterocycles. The molecule has 0 saturated carbocycles. The minimum Gasteiger partial charge on any atom is -0.333 e. The van der Waals surface area contributed by atoms with Gasteiger partial charge < -0.3 is 9.80 Å². The second-order valence-electron chi connectivity index (χ2n) is 11.3. The molecule has 0 bridgehead atoms. The van der Waals surface area contributed by atoms with Crippen LogP contribution in [0.5, 0.6) is 0 Å². The lowest BCUT2D eigenvalue weighted by atomic mass is 9.97. The van der Waals surface area contributed by atoms with Gasteiger partial charge in [-0.25, -0.2) is 8.78 Å². The van der Waals surface area contributed by atoms with Crippen molar-refractivity contribution in [1.82, 2.24) is 14.7 Å². The predicted molar refractivity (Wildman–Crippen MR) is 160 cm³/mol. The molecular weight excluding hydrogens is 653 g/mol. The fourth-order valence-electron chi connectivity index (χ4n) is 5.83. The van der Waals surface area contributed by atoms with E-state index in [1.54, 1.807) is 0 Å². The van der Waals surface area contributed by atoms with Gasteiger partial charge in [0, 0.05) is 70.3 Å². The van der Waals surface area contributed by atoms with Crippen LogP contribution >= 0.6 is 24.8 Å². The van der Waals surface area contributed by atoms with E-state index in [0.717, 1.165) is 16.3 Å². The Morgan fingerprint density at radius 2 is 1.31 bits per heavy atom. The number of piperidine rings is 1. The van der Waals surface area contributed by atoms with Gasteiger partial charge in [0.15, 0.2) is 0 Å². The lowest BCUT2D eigenvalue weighted by Crippen LogP contribution is -2.57. The van der Waals surface area contributed by atoms with Crippen LogP contribution in [0, 0.1) is 0 Å². The molecule has 0 radical (unpaired) electrons. The highest BCUT2D eigenvalue weighted by Crippen LogP contribution is 2.37. The van der Waals surface area contributed by atoms with Crippen LogP contribution in [0.4, 0.5) is 35.1 Å². The SMILES string of the molecule is Cl.Cl.O=C(c1cc(C(F)(F)F)cc(C(F)(F)F)c1)N1CCN(CCN2CCC(F)(F)CC2)C[C@H]1Cc1ccc2ccccc2c1. The van der Waals surface area contributed by atoms with E-state index in [2.05, 4.69) is 4.90 Å². The molecule has 1 amide bonds.